The number of aryl methyl sites for hydroxylation is 1. The van der Waals surface area contributed by atoms with Gasteiger partial charge in [-0.15, -0.1) is 11.8 Å². The third-order valence-corrected chi connectivity index (χ3v) is 6.27. The molecule has 26 heavy (non-hydrogen) atoms. The summed E-state index contributed by atoms with van der Waals surface area (Å²) in [7, 11) is -3.67. The summed E-state index contributed by atoms with van der Waals surface area (Å²) in [5.74, 6) is 0.262. The highest BCUT2D eigenvalue weighted by atomic mass is 32.2. The number of rotatable bonds is 6. The summed E-state index contributed by atoms with van der Waals surface area (Å²) >= 11 is 1.45. The monoisotopic (exact) mass is 387 g/mol. The SMILES string of the molecule is Cc1ccc(S(=O)(=O)Nc2ccccc2SCc2cccc(F)c2)cc1. The van der Waals surface area contributed by atoms with Crippen LogP contribution in [0.5, 0.6) is 0 Å². The summed E-state index contributed by atoms with van der Waals surface area (Å²) in [6.45, 7) is 1.90. The molecule has 0 saturated carbocycles. The van der Waals surface area contributed by atoms with E-state index in [9.17, 15) is 12.8 Å². The number of sulfonamides is 1. The number of para-hydroxylation sites is 1. The van der Waals surface area contributed by atoms with Gasteiger partial charge < -0.3 is 0 Å². The Labute approximate surface area is 157 Å². The van der Waals surface area contributed by atoms with Gasteiger partial charge in [0.05, 0.1) is 10.6 Å². The predicted molar refractivity (Wildman–Crippen MR) is 104 cm³/mol. The first-order chi connectivity index (χ1) is 12.4. The number of hydrogen-bond acceptors (Lipinski definition) is 3. The van der Waals surface area contributed by atoms with Crippen molar-refractivity contribution in [1.82, 2.24) is 0 Å². The molecule has 0 aliphatic heterocycles. The zero-order valence-electron chi connectivity index (χ0n) is 14.1. The van der Waals surface area contributed by atoms with Gasteiger partial charge in [-0.05, 0) is 48.9 Å². The average molecular weight is 388 g/mol. The molecule has 3 aromatic rings. The molecule has 1 N–H and O–H groups in total. The first kappa shape index (κ1) is 18.5. The summed E-state index contributed by atoms with van der Waals surface area (Å²) in [5, 5.41) is 0. The summed E-state index contributed by atoms with van der Waals surface area (Å²) < 4.78 is 41.2. The fraction of sp³-hybridized carbons (Fsp3) is 0.100. The molecule has 0 unspecified atom stereocenters. The maximum absolute atomic E-state index is 13.3. The molecule has 0 saturated heterocycles. The summed E-state index contributed by atoms with van der Waals surface area (Å²) in [5.41, 5.74) is 2.34. The summed E-state index contributed by atoms with van der Waals surface area (Å²) in [6, 6.07) is 20.3. The maximum atomic E-state index is 13.3. The van der Waals surface area contributed by atoms with Gasteiger partial charge in [0.25, 0.3) is 10.0 Å². The van der Waals surface area contributed by atoms with Gasteiger partial charge >= 0.3 is 0 Å². The van der Waals surface area contributed by atoms with Gasteiger partial charge in [-0.3, -0.25) is 4.72 Å². The highest BCUT2D eigenvalue weighted by molar-refractivity contribution is 7.98. The van der Waals surface area contributed by atoms with Gasteiger partial charge in [-0.1, -0.05) is 42.0 Å². The highest BCUT2D eigenvalue weighted by Crippen LogP contribution is 2.31. The zero-order chi connectivity index (χ0) is 18.6. The van der Waals surface area contributed by atoms with Crippen molar-refractivity contribution in [2.45, 2.75) is 22.5 Å². The molecule has 0 amide bonds. The van der Waals surface area contributed by atoms with Gasteiger partial charge in [0.1, 0.15) is 5.82 Å². The van der Waals surface area contributed by atoms with Crippen LogP contribution < -0.4 is 4.72 Å². The van der Waals surface area contributed by atoms with E-state index in [1.807, 2.05) is 25.1 Å². The first-order valence-electron chi connectivity index (χ1n) is 8.00. The van der Waals surface area contributed by atoms with E-state index in [1.54, 1.807) is 42.5 Å². The van der Waals surface area contributed by atoms with Crippen LogP contribution >= 0.6 is 11.8 Å². The molecule has 3 nitrogen and oxygen atoms in total. The van der Waals surface area contributed by atoms with Crippen LogP contribution in [0, 0.1) is 12.7 Å². The van der Waals surface area contributed by atoms with Crippen LogP contribution in [0.2, 0.25) is 0 Å². The summed E-state index contributed by atoms with van der Waals surface area (Å²) in [4.78, 5) is 1.00. The van der Waals surface area contributed by atoms with Gasteiger partial charge in [0, 0.05) is 10.6 Å². The number of hydrogen-bond donors (Lipinski definition) is 1. The molecular weight excluding hydrogens is 369 g/mol. The Balaban J connectivity index is 1.79. The second kappa shape index (κ2) is 7.93. The second-order valence-electron chi connectivity index (χ2n) is 5.83. The minimum atomic E-state index is -3.67. The van der Waals surface area contributed by atoms with E-state index in [1.165, 1.54) is 23.9 Å². The smallest absolute Gasteiger partial charge is 0.261 e. The molecule has 3 rings (SSSR count). The van der Waals surface area contributed by atoms with Crippen molar-refractivity contribution >= 4 is 27.5 Å². The van der Waals surface area contributed by atoms with Gasteiger partial charge in [0.2, 0.25) is 0 Å². The maximum Gasteiger partial charge on any atom is 0.261 e. The van der Waals surface area contributed by atoms with Crippen LogP contribution in [0.4, 0.5) is 10.1 Å². The summed E-state index contributed by atoms with van der Waals surface area (Å²) in [6.07, 6.45) is 0. The largest absolute Gasteiger partial charge is 0.278 e. The Kier molecular flexibility index (Phi) is 5.64. The van der Waals surface area contributed by atoms with E-state index in [2.05, 4.69) is 4.72 Å². The molecule has 0 heterocycles. The Morgan fingerprint density at radius 2 is 1.69 bits per heavy atom. The Hall–Kier alpha value is -2.31. The van der Waals surface area contributed by atoms with Crippen LogP contribution in [0.15, 0.2) is 82.6 Å². The van der Waals surface area contributed by atoms with Crippen LogP contribution in [-0.2, 0) is 15.8 Å². The molecule has 0 aliphatic rings. The van der Waals surface area contributed by atoms with Gasteiger partial charge in [-0.25, -0.2) is 12.8 Å². The van der Waals surface area contributed by atoms with E-state index >= 15 is 0 Å². The molecule has 3 aromatic carbocycles. The minimum Gasteiger partial charge on any atom is -0.278 e. The first-order valence-corrected chi connectivity index (χ1v) is 10.5. The van der Waals surface area contributed by atoms with Crippen LogP contribution in [0.1, 0.15) is 11.1 Å². The Morgan fingerprint density at radius 3 is 2.42 bits per heavy atom. The van der Waals surface area contributed by atoms with E-state index in [0.717, 1.165) is 16.0 Å². The lowest BCUT2D eigenvalue weighted by molar-refractivity contribution is 0.601. The minimum absolute atomic E-state index is 0.216. The quantitative estimate of drug-likeness (QED) is 0.589. The number of halogens is 1. The molecule has 134 valence electrons. The van der Waals surface area contributed by atoms with Crippen molar-refractivity contribution in [2.75, 3.05) is 4.72 Å². The van der Waals surface area contributed by atoms with Crippen molar-refractivity contribution in [3.8, 4) is 0 Å². The van der Waals surface area contributed by atoms with Crippen LogP contribution in [0.25, 0.3) is 0 Å². The lowest BCUT2D eigenvalue weighted by atomic mass is 10.2. The molecule has 0 aliphatic carbocycles. The standard InChI is InChI=1S/C20H18FNO2S2/c1-15-9-11-18(12-10-15)26(23,24)22-19-7-2-3-8-20(19)25-14-16-5-4-6-17(21)13-16/h2-13,22H,14H2,1H3. The molecule has 0 atom stereocenters. The molecule has 0 spiro atoms. The van der Waals surface area contributed by atoms with Crippen LogP contribution in [0.3, 0.4) is 0 Å². The van der Waals surface area contributed by atoms with E-state index in [-0.39, 0.29) is 10.7 Å². The van der Waals surface area contributed by atoms with Gasteiger partial charge in [-0.2, -0.15) is 0 Å². The van der Waals surface area contributed by atoms with Crippen molar-refractivity contribution in [3.63, 3.8) is 0 Å². The fourth-order valence-electron chi connectivity index (χ4n) is 2.39. The van der Waals surface area contributed by atoms with E-state index < -0.39 is 10.0 Å². The van der Waals surface area contributed by atoms with E-state index in [0.29, 0.717) is 11.4 Å². The number of nitrogens with one attached hydrogen (secondary N) is 1. The molecule has 0 bridgehead atoms. The third-order valence-electron chi connectivity index (χ3n) is 3.75. The predicted octanol–water partition coefficient (Wildman–Crippen LogP) is 5.23. The molecular formula is C20H18FNO2S2. The Bertz CT molecular complexity index is 1000. The molecule has 0 aromatic heterocycles. The number of anilines is 1. The molecule has 0 fully saturated rings. The second-order valence-corrected chi connectivity index (χ2v) is 8.53. The fourth-order valence-corrected chi connectivity index (χ4v) is 4.48. The Morgan fingerprint density at radius 1 is 0.962 bits per heavy atom. The lowest BCUT2D eigenvalue weighted by Crippen LogP contribution is -2.13. The highest BCUT2D eigenvalue weighted by Gasteiger charge is 2.16. The number of benzene rings is 3. The normalized spacial score (nSPS) is 11.3. The van der Waals surface area contributed by atoms with Crippen LogP contribution in [-0.4, -0.2) is 8.42 Å². The number of thioether (sulfide) groups is 1. The van der Waals surface area contributed by atoms with Crippen molar-refractivity contribution in [3.05, 3.63) is 89.7 Å². The molecule has 0 radical (unpaired) electrons. The van der Waals surface area contributed by atoms with Crippen molar-refractivity contribution in [2.24, 2.45) is 0 Å². The topological polar surface area (TPSA) is 46.2 Å². The van der Waals surface area contributed by atoms with Crippen molar-refractivity contribution in [1.29, 1.82) is 0 Å². The third kappa shape index (κ3) is 4.65. The lowest BCUT2D eigenvalue weighted by Gasteiger charge is -2.12. The zero-order valence-corrected chi connectivity index (χ0v) is 15.8. The van der Waals surface area contributed by atoms with Gasteiger partial charge in [0.15, 0.2) is 0 Å². The average Bonchev–Trinajstić information content (AvgIpc) is 2.61. The van der Waals surface area contributed by atoms with E-state index in [4.69, 9.17) is 0 Å². The van der Waals surface area contributed by atoms with Crippen molar-refractivity contribution < 1.29 is 12.8 Å². The molecule has 6 heteroatoms.